The van der Waals surface area contributed by atoms with E-state index in [-0.39, 0.29) is 12.1 Å². The predicted octanol–water partition coefficient (Wildman–Crippen LogP) is 10.9. The van der Waals surface area contributed by atoms with Gasteiger partial charge in [0.2, 0.25) is 0 Å². The first-order valence-electron chi connectivity index (χ1n) is 17.4. The monoisotopic (exact) mass is 550 g/mol. The van der Waals surface area contributed by atoms with Crippen molar-refractivity contribution in [2.75, 3.05) is 0 Å². The highest BCUT2D eigenvalue weighted by Crippen LogP contribution is 2.67. The maximum absolute atomic E-state index is 12.6. The van der Waals surface area contributed by atoms with Crippen molar-refractivity contribution in [3.63, 3.8) is 0 Å². The predicted molar refractivity (Wildman–Crippen MR) is 170 cm³/mol. The molecule has 0 heterocycles. The van der Waals surface area contributed by atoms with E-state index in [9.17, 15) is 4.79 Å². The van der Waals surface area contributed by atoms with E-state index in [0.717, 1.165) is 68.1 Å². The summed E-state index contributed by atoms with van der Waals surface area (Å²) in [4.78, 5) is 12.6. The van der Waals surface area contributed by atoms with E-state index in [1.54, 1.807) is 5.57 Å². The van der Waals surface area contributed by atoms with Gasteiger partial charge >= 0.3 is 5.97 Å². The van der Waals surface area contributed by atoms with Crippen LogP contribution in [0, 0.1) is 52.3 Å². The van der Waals surface area contributed by atoms with Gasteiger partial charge in [-0.3, -0.25) is 4.79 Å². The van der Waals surface area contributed by atoms with Crippen LogP contribution in [0.5, 0.6) is 0 Å². The summed E-state index contributed by atoms with van der Waals surface area (Å²) in [6.07, 6.45) is 28.4. The minimum atomic E-state index is 0.0228. The van der Waals surface area contributed by atoms with Crippen molar-refractivity contribution in [1.29, 1.82) is 0 Å². The Bertz CT molecular complexity index is 926. The lowest BCUT2D eigenvalue weighted by Gasteiger charge is -2.58. The summed E-state index contributed by atoms with van der Waals surface area (Å²) in [7, 11) is 0. The third kappa shape index (κ3) is 6.67. The van der Waals surface area contributed by atoms with E-state index in [2.05, 4.69) is 78.8 Å². The smallest absolute Gasteiger partial charge is 0.306 e. The minimum absolute atomic E-state index is 0.0228. The molecule has 0 spiro atoms. The molecule has 3 saturated carbocycles. The van der Waals surface area contributed by atoms with Crippen molar-refractivity contribution in [1.82, 2.24) is 0 Å². The zero-order valence-electron chi connectivity index (χ0n) is 27.2. The maximum atomic E-state index is 12.6. The molecule has 4 aliphatic carbocycles. The van der Waals surface area contributed by atoms with Crippen LogP contribution >= 0.6 is 0 Å². The van der Waals surface area contributed by atoms with Crippen LogP contribution in [-0.4, -0.2) is 12.1 Å². The van der Waals surface area contributed by atoms with Crippen LogP contribution in [0.2, 0.25) is 0 Å². The third-order valence-corrected chi connectivity index (χ3v) is 12.5. The number of hydrogen-bond donors (Lipinski definition) is 0. The zero-order valence-corrected chi connectivity index (χ0v) is 27.2. The average molecular weight is 551 g/mol. The molecule has 0 N–H and O–H groups in total. The highest BCUT2D eigenvalue weighted by molar-refractivity contribution is 5.69. The Morgan fingerprint density at radius 1 is 1.00 bits per heavy atom. The molecular formula is C38H62O2. The van der Waals surface area contributed by atoms with Gasteiger partial charge in [0.15, 0.2) is 0 Å². The van der Waals surface area contributed by atoms with Crippen molar-refractivity contribution in [3.8, 4) is 0 Å². The van der Waals surface area contributed by atoms with Crippen LogP contribution in [-0.2, 0) is 9.53 Å². The van der Waals surface area contributed by atoms with Gasteiger partial charge in [-0.2, -0.15) is 0 Å². The van der Waals surface area contributed by atoms with Crippen LogP contribution in [0.1, 0.15) is 138 Å². The summed E-state index contributed by atoms with van der Waals surface area (Å²) in [5.74, 6) is 5.51. The molecule has 226 valence electrons. The first kappa shape index (κ1) is 31.6. The first-order valence-corrected chi connectivity index (χ1v) is 17.4. The fraction of sp³-hybridized carbons (Fsp3) is 0.816. The van der Waals surface area contributed by atoms with Crippen LogP contribution in [0.25, 0.3) is 0 Å². The number of fused-ring (bicyclic) bond motifs is 5. The lowest BCUT2D eigenvalue weighted by molar-refractivity contribution is -0.151. The number of ether oxygens (including phenoxy) is 1. The Kier molecular flexibility index (Phi) is 10.9. The highest BCUT2D eigenvalue weighted by atomic mass is 16.5. The molecule has 9 unspecified atom stereocenters. The van der Waals surface area contributed by atoms with Crippen LogP contribution < -0.4 is 0 Å². The average Bonchev–Trinajstić information content (AvgIpc) is 3.28. The standard InChI is InChI=1S/C38H62O2/c1-8-10-11-12-13-14-15-36(39)40-31-22-24-37(6)30(26-31)18-19-32-34-21-20-33(38(34,7)25-23-35(32)37)28(5)16-17-29(9-2)27(3)4/h10-11,16-18,27-29,31-35H,8-9,12-15,19-26H2,1-7H3/b11-10-,17-16+. The maximum Gasteiger partial charge on any atom is 0.306 e. The van der Waals surface area contributed by atoms with E-state index in [4.69, 9.17) is 4.74 Å². The zero-order chi connectivity index (χ0) is 28.9. The van der Waals surface area contributed by atoms with Crippen molar-refractivity contribution < 1.29 is 9.53 Å². The van der Waals surface area contributed by atoms with Crippen molar-refractivity contribution in [2.45, 2.75) is 144 Å². The van der Waals surface area contributed by atoms with Gasteiger partial charge in [0.05, 0.1) is 0 Å². The lowest BCUT2D eigenvalue weighted by atomic mass is 9.47. The molecule has 9 atom stereocenters. The molecular weight excluding hydrogens is 488 g/mol. The number of esters is 1. The van der Waals surface area contributed by atoms with Gasteiger partial charge < -0.3 is 4.74 Å². The summed E-state index contributed by atoms with van der Waals surface area (Å²) in [6.45, 7) is 17.0. The van der Waals surface area contributed by atoms with E-state index in [0.29, 0.717) is 29.1 Å². The molecule has 0 amide bonds. The molecule has 0 aromatic carbocycles. The van der Waals surface area contributed by atoms with Gasteiger partial charge in [0, 0.05) is 12.8 Å². The number of hydrogen-bond acceptors (Lipinski definition) is 2. The molecule has 0 aromatic rings. The molecule has 4 aliphatic rings. The molecule has 0 aliphatic heterocycles. The lowest BCUT2D eigenvalue weighted by Crippen LogP contribution is -2.51. The second-order valence-corrected chi connectivity index (χ2v) is 15.0. The Labute approximate surface area is 247 Å². The van der Waals surface area contributed by atoms with E-state index < -0.39 is 0 Å². The summed E-state index contributed by atoms with van der Waals surface area (Å²) >= 11 is 0. The van der Waals surface area contributed by atoms with Gasteiger partial charge in [0.1, 0.15) is 6.10 Å². The highest BCUT2D eigenvalue weighted by Gasteiger charge is 2.59. The van der Waals surface area contributed by atoms with Gasteiger partial charge in [-0.05, 0) is 129 Å². The molecule has 0 saturated heterocycles. The molecule has 4 rings (SSSR count). The van der Waals surface area contributed by atoms with Gasteiger partial charge in [-0.15, -0.1) is 0 Å². The molecule has 3 fully saturated rings. The Hall–Kier alpha value is -1.31. The second kappa shape index (κ2) is 13.8. The Balaban J connectivity index is 1.35. The normalized spacial score (nSPS) is 37.2. The molecule has 2 heteroatoms. The van der Waals surface area contributed by atoms with E-state index in [1.165, 1.54) is 44.9 Å². The summed E-state index contributed by atoms with van der Waals surface area (Å²) in [5, 5.41) is 0. The van der Waals surface area contributed by atoms with Crippen LogP contribution in [0.4, 0.5) is 0 Å². The molecule has 40 heavy (non-hydrogen) atoms. The number of allylic oxidation sites excluding steroid dienone is 5. The third-order valence-electron chi connectivity index (χ3n) is 12.5. The second-order valence-electron chi connectivity index (χ2n) is 15.0. The Morgan fingerprint density at radius 3 is 2.52 bits per heavy atom. The van der Waals surface area contributed by atoms with Crippen LogP contribution in [0.3, 0.4) is 0 Å². The minimum Gasteiger partial charge on any atom is -0.462 e. The van der Waals surface area contributed by atoms with Crippen molar-refractivity contribution >= 4 is 5.97 Å². The topological polar surface area (TPSA) is 26.3 Å². The van der Waals surface area contributed by atoms with E-state index in [1.807, 2.05) is 0 Å². The molecule has 2 nitrogen and oxygen atoms in total. The SMILES string of the molecule is CC/C=C\CCCCC(=O)OC1CCC2(C)C(=CCC3C2CCC2(C)C(C(C)/C=C/C(CC)C(C)C)CCC32)C1. The fourth-order valence-electron chi connectivity index (χ4n) is 9.98. The number of unbranched alkanes of at least 4 members (excludes halogenated alkanes) is 2. The summed E-state index contributed by atoms with van der Waals surface area (Å²) in [5.41, 5.74) is 2.43. The van der Waals surface area contributed by atoms with Crippen molar-refractivity contribution in [3.05, 3.63) is 36.0 Å². The molecule has 0 bridgehead atoms. The quantitative estimate of drug-likeness (QED) is 0.137. The van der Waals surface area contributed by atoms with Crippen molar-refractivity contribution in [2.24, 2.45) is 52.3 Å². The van der Waals surface area contributed by atoms with E-state index >= 15 is 0 Å². The van der Waals surface area contributed by atoms with Crippen LogP contribution in [0.15, 0.2) is 36.0 Å². The summed E-state index contributed by atoms with van der Waals surface area (Å²) < 4.78 is 6.03. The number of carbonyl (C=O) groups is 1. The van der Waals surface area contributed by atoms with Gasteiger partial charge in [-0.1, -0.05) is 84.4 Å². The van der Waals surface area contributed by atoms with Gasteiger partial charge in [-0.25, -0.2) is 0 Å². The number of carbonyl (C=O) groups excluding carboxylic acids is 1. The Morgan fingerprint density at radius 2 is 1.80 bits per heavy atom. The van der Waals surface area contributed by atoms with Gasteiger partial charge in [0.25, 0.3) is 0 Å². The first-order chi connectivity index (χ1) is 19.1. The fourth-order valence-corrected chi connectivity index (χ4v) is 9.98. The number of rotatable bonds is 12. The molecule has 0 aromatic heterocycles. The largest absolute Gasteiger partial charge is 0.462 e. The summed E-state index contributed by atoms with van der Waals surface area (Å²) in [6, 6.07) is 0. The molecule has 0 radical (unpaired) electrons.